The van der Waals surface area contributed by atoms with Crippen molar-refractivity contribution < 1.29 is 27.1 Å². The lowest BCUT2D eigenvalue weighted by Crippen LogP contribution is -3.00. The molecule has 0 aliphatic heterocycles. The molecule has 0 rings (SSSR count). The smallest absolute Gasteiger partial charge is 0.126 e. The van der Waals surface area contributed by atoms with E-state index in [2.05, 4.69) is 21.0 Å². The van der Waals surface area contributed by atoms with Crippen LogP contribution in [-0.2, 0) is 0 Å². The summed E-state index contributed by atoms with van der Waals surface area (Å²) in [6, 6.07) is 0. The van der Waals surface area contributed by atoms with Crippen molar-refractivity contribution in [3.63, 3.8) is 0 Å². The Kier molecular flexibility index (Phi) is 18.8. The molecule has 0 aromatic rings. The predicted molar refractivity (Wildman–Crippen MR) is 96.0 cm³/mol. The summed E-state index contributed by atoms with van der Waals surface area (Å²) in [6.45, 7) is 3.89. The molecule has 0 aromatic heterocycles. The standard InChI is InChI=1S/C19H42NO2.ClH/c1-4-5-6-7-8-9-10-11-12-13-14-15-16-20(2,3)17-19(22)18-21;/h19,21-22H,4-18H2,1-3H3;1H/q+1;/p-1. The molecule has 0 amide bonds. The van der Waals surface area contributed by atoms with Crippen LogP contribution in [0.2, 0.25) is 0 Å². The molecule has 0 saturated heterocycles. The van der Waals surface area contributed by atoms with Gasteiger partial charge in [-0.15, -0.1) is 0 Å². The van der Waals surface area contributed by atoms with Crippen LogP contribution in [0, 0.1) is 0 Å². The summed E-state index contributed by atoms with van der Waals surface area (Å²) in [5, 5.41) is 18.4. The maximum absolute atomic E-state index is 9.52. The number of rotatable bonds is 16. The zero-order valence-corrected chi connectivity index (χ0v) is 16.7. The number of quaternary nitrogens is 1. The topological polar surface area (TPSA) is 40.5 Å². The summed E-state index contributed by atoms with van der Waals surface area (Å²) in [5.41, 5.74) is 0. The van der Waals surface area contributed by atoms with Gasteiger partial charge in [0.25, 0.3) is 0 Å². The second kappa shape index (κ2) is 17.0. The molecule has 0 saturated carbocycles. The van der Waals surface area contributed by atoms with Crippen LogP contribution in [0.1, 0.15) is 84.0 Å². The Hall–Kier alpha value is 0.170. The highest BCUT2D eigenvalue weighted by Gasteiger charge is 2.19. The van der Waals surface area contributed by atoms with E-state index in [1.165, 1.54) is 77.0 Å². The Morgan fingerprint density at radius 3 is 1.52 bits per heavy atom. The zero-order chi connectivity index (χ0) is 16.7. The largest absolute Gasteiger partial charge is 1.00 e. The Bertz CT molecular complexity index is 237. The van der Waals surface area contributed by atoms with E-state index in [0.29, 0.717) is 6.54 Å². The van der Waals surface area contributed by atoms with Gasteiger partial charge in [-0.25, -0.2) is 0 Å². The van der Waals surface area contributed by atoms with E-state index in [0.717, 1.165) is 11.0 Å². The van der Waals surface area contributed by atoms with E-state index in [1.807, 2.05) is 0 Å². The summed E-state index contributed by atoms with van der Waals surface area (Å²) < 4.78 is 0.805. The van der Waals surface area contributed by atoms with Gasteiger partial charge >= 0.3 is 0 Å². The normalized spacial score (nSPS) is 12.9. The number of hydrogen-bond acceptors (Lipinski definition) is 2. The van der Waals surface area contributed by atoms with Gasteiger partial charge in [-0.3, -0.25) is 0 Å². The molecule has 0 aromatic carbocycles. The third-order valence-corrected chi connectivity index (χ3v) is 4.53. The number of halogens is 1. The Balaban J connectivity index is 0. The molecule has 142 valence electrons. The van der Waals surface area contributed by atoms with Gasteiger partial charge in [-0.1, -0.05) is 71.1 Å². The molecule has 2 N–H and O–H groups in total. The summed E-state index contributed by atoms with van der Waals surface area (Å²) in [6.07, 6.45) is 15.9. The van der Waals surface area contributed by atoms with E-state index in [-0.39, 0.29) is 19.0 Å². The molecule has 0 spiro atoms. The monoisotopic (exact) mass is 351 g/mol. The third-order valence-electron chi connectivity index (χ3n) is 4.53. The van der Waals surface area contributed by atoms with Crippen molar-refractivity contribution in [3.8, 4) is 0 Å². The lowest BCUT2D eigenvalue weighted by molar-refractivity contribution is -0.893. The highest BCUT2D eigenvalue weighted by Crippen LogP contribution is 2.12. The van der Waals surface area contributed by atoms with Crippen molar-refractivity contribution in [1.82, 2.24) is 0 Å². The van der Waals surface area contributed by atoms with Crippen molar-refractivity contribution >= 4 is 0 Å². The van der Waals surface area contributed by atoms with Crippen molar-refractivity contribution in [3.05, 3.63) is 0 Å². The first kappa shape index (κ1) is 25.4. The van der Waals surface area contributed by atoms with Gasteiger partial charge in [0.05, 0.1) is 27.2 Å². The molecular formula is C19H42ClNO2. The zero-order valence-electron chi connectivity index (χ0n) is 15.9. The second-order valence-corrected chi connectivity index (χ2v) is 7.57. The van der Waals surface area contributed by atoms with Crippen molar-refractivity contribution in [2.75, 3.05) is 33.8 Å². The maximum atomic E-state index is 9.52. The highest BCUT2D eigenvalue weighted by atomic mass is 35.5. The first-order valence-electron chi connectivity index (χ1n) is 9.62. The first-order chi connectivity index (χ1) is 10.5. The minimum Gasteiger partial charge on any atom is -1.00 e. The Labute approximate surface area is 151 Å². The number of aliphatic hydroxyl groups is 2. The fourth-order valence-electron chi connectivity index (χ4n) is 3.10. The maximum Gasteiger partial charge on any atom is 0.126 e. The molecular weight excluding hydrogens is 310 g/mol. The Morgan fingerprint density at radius 2 is 1.13 bits per heavy atom. The summed E-state index contributed by atoms with van der Waals surface area (Å²) in [4.78, 5) is 0. The molecule has 0 heterocycles. The SMILES string of the molecule is CCCCCCCCCCCCCC[N+](C)(C)CC(O)CO.[Cl-]. The fraction of sp³-hybridized carbons (Fsp3) is 1.00. The van der Waals surface area contributed by atoms with Gasteiger partial charge in [-0.05, 0) is 12.8 Å². The van der Waals surface area contributed by atoms with Gasteiger partial charge in [0.15, 0.2) is 0 Å². The van der Waals surface area contributed by atoms with Crippen LogP contribution in [-0.4, -0.2) is 54.6 Å². The third kappa shape index (κ3) is 18.4. The molecule has 0 fully saturated rings. The van der Waals surface area contributed by atoms with E-state index < -0.39 is 6.10 Å². The van der Waals surface area contributed by atoms with E-state index >= 15 is 0 Å². The molecule has 3 nitrogen and oxygen atoms in total. The van der Waals surface area contributed by atoms with Gasteiger partial charge in [0, 0.05) is 0 Å². The number of nitrogens with zero attached hydrogens (tertiary/aromatic N) is 1. The summed E-state index contributed by atoms with van der Waals surface area (Å²) in [7, 11) is 4.27. The molecule has 1 unspecified atom stereocenters. The van der Waals surface area contributed by atoms with Crippen molar-refractivity contribution in [1.29, 1.82) is 0 Å². The Morgan fingerprint density at radius 1 is 0.739 bits per heavy atom. The van der Waals surface area contributed by atoms with Crippen LogP contribution in [0.5, 0.6) is 0 Å². The lowest BCUT2D eigenvalue weighted by atomic mass is 10.1. The van der Waals surface area contributed by atoms with Crippen LogP contribution >= 0.6 is 0 Å². The minimum absolute atomic E-state index is 0. The number of aliphatic hydroxyl groups excluding tert-OH is 2. The van der Waals surface area contributed by atoms with E-state index in [4.69, 9.17) is 5.11 Å². The van der Waals surface area contributed by atoms with Crippen molar-refractivity contribution in [2.45, 2.75) is 90.1 Å². The van der Waals surface area contributed by atoms with Crippen LogP contribution in [0.25, 0.3) is 0 Å². The molecule has 0 bridgehead atoms. The van der Waals surface area contributed by atoms with Crippen LogP contribution in [0.3, 0.4) is 0 Å². The minimum atomic E-state index is -0.577. The molecule has 0 aliphatic carbocycles. The van der Waals surface area contributed by atoms with E-state index in [9.17, 15) is 5.11 Å². The number of likely N-dealkylation sites (N-methyl/N-ethyl adjacent to an activating group) is 1. The average molecular weight is 352 g/mol. The van der Waals surface area contributed by atoms with Gasteiger partial charge in [-0.2, -0.15) is 0 Å². The van der Waals surface area contributed by atoms with Crippen LogP contribution in [0.4, 0.5) is 0 Å². The molecule has 1 atom stereocenters. The van der Waals surface area contributed by atoms with E-state index in [1.54, 1.807) is 0 Å². The van der Waals surface area contributed by atoms with Crippen LogP contribution in [0.15, 0.2) is 0 Å². The molecule has 23 heavy (non-hydrogen) atoms. The van der Waals surface area contributed by atoms with Crippen molar-refractivity contribution in [2.24, 2.45) is 0 Å². The molecule has 4 heteroatoms. The first-order valence-corrected chi connectivity index (χ1v) is 9.62. The fourth-order valence-corrected chi connectivity index (χ4v) is 3.10. The number of unbranched alkanes of at least 4 members (excludes halogenated alkanes) is 11. The second-order valence-electron chi connectivity index (χ2n) is 7.57. The lowest BCUT2D eigenvalue weighted by Gasteiger charge is -2.31. The molecule has 0 aliphatic rings. The summed E-state index contributed by atoms with van der Waals surface area (Å²) in [5.74, 6) is 0. The van der Waals surface area contributed by atoms with Gasteiger partial charge < -0.3 is 27.1 Å². The average Bonchev–Trinajstić information content (AvgIpc) is 2.47. The summed E-state index contributed by atoms with van der Waals surface area (Å²) >= 11 is 0. The molecule has 0 radical (unpaired) electrons. The highest BCUT2D eigenvalue weighted by molar-refractivity contribution is 4.52. The quantitative estimate of drug-likeness (QED) is 0.323. The van der Waals surface area contributed by atoms with Gasteiger partial charge in [0.2, 0.25) is 0 Å². The predicted octanol–water partition coefficient (Wildman–Crippen LogP) is 1.12. The van der Waals surface area contributed by atoms with Gasteiger partial charge in [0.1, 0.15) is 12.6 Å². The van der Waals surface area contributed by atoms with Crippen LogP contribution < -0.4 is 12.4 Å². The number of hydrogen-bond donors (Lipinski definition) is 2.